The van der Waals surface area contributed by atoms with E-state index in [1.165, 1.54) is 24.3 Å². The number of anilines is 4. The van der Waals surface area contributed by atoms with Crippen molar-refractivity contribution in [2.24, 2.45) is 0 Å². The number of rotatable bonds is 10. The molecule has 10 N–H and O–H groups in total. The number of para-hydroxylation sites is 2. The molecule has 0 unspecified atom stereocenters. The normalized spacial score (nSPS) is 11.7. The second-order valence-corrected chi connectivity index (χ2v) is 18.3. The molecule has 4 aromatic heterocycles. The van der Waals surface area contributed by atoms with Gasteiger partial charge in [0.15, 0.2) is 0 Å². The fourth-order valence-electron chi connectivity index (χ4n) is 8.05. The van der Waals surface area contributed by atoms with E-state index in [4.69, 9.17) is 49.8 Å². The van der Waals surface area contributed by atoms with Gasteiger partial charge in [-0.1, -0.05) is 108 Å². The van der Waals surface area contributed by atoms with Crippen LogP contribution in [-0.4, -0.2) is 56.4 Å². The lowest BCUT2D eigenvalue weighted by atomic mass is 9.80. The van der Waals surface area contributed by atoms with Gasteiger partial charge >= 0.3 is 7.12 Å². The van der Waals surface area contributed by atoms with Gasteiger partial charge in [0.25, 0.3) is 11.1 Å². The Hall–Kier alpha value is -8.26. The van der Waals surface area contributed by atoms with E-state index in [9.17, 15) is 14.7 Å². The van der Waals surface area contributed by atoms with Crippen LogP contribution in [0.25, 0.3) is 44.0 Å². The predicted molar refractivity (Wildman–Crippen MR) is 299 cm³/mol. The van der Waals surface area contributed by atoms with E-state index >= 15 is 0 Å². The molecule has 0 aliphatic carbocycles. The number of nitrogens with zero attached hydrogens (tertiary/aromatic N) is 6. The Bertz CT molecular complexity index is 3730. The first-order valence-corrected chi connectivity index (χ1v) is 24.3. The van der Waals surface area contributed by atoms with Crippen molar-refractivity contribution in [1.29, 1.82) is 0 Å². The lowest BCUT2D eigenvalue weighted by Gasteiger charge is -2.22. The van der Waals surface area contributed by atoms with E-state index in [1.807, 2.05) is 111 Å². The molecule has 0 saturated carbocycles. The summed E-state index contributed by atoms with van der Waals surface area (Å²) >= 11 is 16.2. The molecule has 0 aliphatic heterocycles. The molecule has 0 radical (unpaired) electrons. The second-order valence-electron chi connectivity index (χ2n) is 16.7. The highest BCUT2D eigenvalue weighted by molar-refractivity contribution is 9.10. The van der Waals surface area contributed by atoms with Gasteiger partial charge in [0, 0.05) is 40.7 Å². The Morgan fingerprint density at radius 1 is 0.581 bits per heavy atom. The van der Waals surface area contributed by atoms with Crippen molar-refractivity contribution >= 4 is 96.8 Å². The van der Waals surface area contributed by atoms with Gasteiger partial charge in [-0.25, -0.2) is 9.97 Å². The summed E-state index contributed by atoms with van der Waals surface area (Å²) in [6.45, 7) is 3.90. The summed E-state index contributed by atoms with van der Waals surface area (Å²) in [7, 11) is -1.46. The first-order chi connectivity index (χ1) is 35.6. The first kappa shape index (κ1) is 52.1. The highest BCUT2D eigenvalue weighted by atomic mass is 79.9. The number of hydrogen-bond acceptors (Lipinski definition) is 14. The molecule has 10 rings (SSSR count). The third-order valence-electron chi connectivity index (χ3n) is 11.6. The van der Waals surface area contributed by atoms with Crippen LogP contribution in [0.5, 0.6) is 11.5 Å². The van der Waals surface area contributed by atoms with Crippen LogP contribution in [0.2, 0.25) is 10.0 Å². The van der Waals surface area contributed by atoms with E-state index in [1.54, 1.807) is 57.9 Å². The predicted octanol–water partition coefficient (Wildman–Crippen LogP) is 9.59. The number of aromatic nitrogens is 6. The number of nitrogens with one attached hydrogen (secondary N) is 2. The van der Waals surface area contributed by atoms with Gasteiger partial charge in [-0.05, 0) is 124 Å². The first-order valence-electron chi connectivity index (χ1n) is 22.7. The summed E-state index contributed by atoms with van der Waals surface area (Å²) in [4.78, 5) is 43.9. The van der Waals surface area contributed by atoms with Crippen molar-refractivity contribution in [1.82, 2.24) is 29.1 Å². The number of aromatic hydroxyl groups is 2. The Morgan fingerprint density at radius 2 is 1.01 bits per heavy atom. The maximum absolute atomic E-state index is 13.7. The largest absolute Gasteiger partial charge is 0.508 e. The topological polar surface area (TPSA) is 253 Å². The monoisotopic (exact) mass is 1090 g/mol. The molecule has 0 amide bonds. The number of benzene rings is 6. The molecular weight excluding hydrogens is 1050 g/mol. The summed E-state index contributed by atoms with van der Waals surface area (Å²) in [5.41, 5.74) is 16.1. The summed E-state index contributed by atoms with van der Waals surface area (Å²) in [6.07, 6.45) is 3.22. The average Bonchev–Trinajstić information content (AvgIpc) is 3.38. The summed E-state index contributed by atoms with van der Waals surface area (Å²) in [5.74, 6) is 1.61. The van der Waals surface area contributed by atoms with Gasteiger partial charge in [0.1, 0.15) is 23.1 Å². The van der Waals surface area contributed by atoms with Crippen LogP contribution in [0, 0.1) is 0 Å². The number of hydrogen-bond donors (Lipinski definition) is 8. The van der Waals surface area contributed by atoms with Crippen molar-refractivity contribution in [2.45, 2.75) is 25.9 Å². The van der Waals surface area contributed by atoms with Crippen molar-refractivity contribution in [3.63, 3.8) is 0 Å². The van der Waals surface area contributed by atoms with E-state index in [2.05, 4.69) is 46.5 Å². The third kappa shape index (κ3) is 11.8. The molecule has 0 bridgehead atoms. The van der Waals surface area contributed by atoms with Crippen LogP contribution in [0.1, 0.15) is 37.3 Å². The number of phenolic OH excluding ortho intramolecular Hbond substituents is 2. The highest BCUT2D eigenvalue weighted by Gasteiger charge is 2.22. The molecule has 6 aromatic carbocycles. The van der Waals surface area contributed by atoms with Crippen LogP contribution < -0.4 is 38.7 Å². The van der Waals surface area contributed by atoms with Gasteiger partial charge in [0.05, 0.1) is 37.4 Å². The molecule has 10 aromatic rings. The number of phenols is 2. The van der Waals surface area contributed by atoms with Crippen LogP contribution in [0.4, 0.5) is 23.5 Å². The standard InChI is InChI=1S/C27H22ClN5O2.C21H17BrClN5O.C6H7BO3/c1-16(31-25-21(15-30-27(29)32-25)17-10-12-20(34)13-11-17)23-14-18-6-5-9-22(28)24(18)26(35)33(23)19-7-3-2-4-8-19;1-12(26-19-15(22)11-25-21(24)27-19)17-10-13-6-5-9-16(23)18(13)20(29)28(17)14-7-3-2-4-8-14;8-6-3-1-5(2-4-6)7(9)10/h2-16,34H,1H3,(H3,29,30,31,32);2-12H,1H3,(H3,24,25,26,27);1-4,8-10H/t16-;12-;/m00./s1. The molecule has 0 aliphatic rings. The molecule has 0 spiro atoms. The quantitative estimate of drug-likeness (QED) is 0.0594. The van der Waals surface area contributed by atoms with Crippen LogP contribution in [0.3, 0.4) is 0 Å². The summed E-state index contributed by atoms with van der Waals surface area (Å²) in [6, 6.07) is 45.5. The van der Waals surface area contributed by atoms with Crippen LogP contribution in [-0.2, 0) is 0 Å². The van der Waals surface area contributed by atoms with Crippen LogP contribution >= 0.6 is 39.1 Å². The van der Waals surface area contributed by atoms with Crippen molar-refractivity contribution < 1.29 is 20.3 Å². The molecule has 16 nitrogen and oxygen atoms in total. The van der Waals surface area contributed by atoms with Gasteiger partial charge in [-0.15, -0.1) is 0 Å². The summed E-state index contributed by atoms with van der Waals surface area (Å²) < 4.78 is 4.01. The number of fused-ring (bicyclic) bond motifs is 2. The molecule has 2 atom stereocenters. The maximum Gasteiger partial charge on any atom is 0.488 e. The van der Waals surface area contributed by atoms with Crippen molar-refractivity contribution in [2.75, 3.05) is 22.1 Å². The lowest BCUT2D eigenvalue weighted by molar-refractivity contribution is 0.425. The Balaban J connectivity index is 0.000000168. The number of nitrogen functional groups attached to an aromatic ring is 2. The Kier molecular flexibility index (Phi) is 16.2. The molecule has 4 heterocycles. The maximum atomic E-state index is 13.7. The lowest BCUT2D eigenvalue weighted by Crippen LogP contribution is -2.29. The molecular formula is C54H46BBrCl2N10O6. The molecule has 74 heavy (non-hydrogen) atoms. The van der Waals surface area contributed by atoms with Crippen molar-refractivity contribution in [3.8, 4) is 34.0 Å². The van der Waals surface area contributed by atoms with Gasteiger partial charge < -0.3 is 42.4 Å². The molecule has 372 valence electrons. The molecule has 0 saturated heterocycles. The number of halogens is 3. The fourth-order valence-corrected chi connectivity index (χ4v) is 8.88. The second kappa shape index (κ2) is 23.1. The zero-order valence-corrected chi connectivity index (χ0v) is 42.6. The SMILES string of the molecule is C[C@H](Nc1nc(N)ncc1-c1ccc(O)cc1)c1cc2cccc(Cl)c2c(=O)n1-c1ccccc1.C[C@H](Nc1nc(N)ncc1Br)c1cc2cccc(Cl)c2c(=O)n1-c1ccccc1.OB(O)c1ccc(O)cc1. The average molecular weight is 1090 g/mol. The smallest absolute Gasteiger partial charge is 0.488 e. The number of pyridine rings is 2. The zero-order chi connectivity index (χ0) is 52.6. The van der Waals surface area contributed by atoms with Gasteiger partial charge in [0.2, 0.25) is 11.9 Å². The minimum atomic E-state index is -1.46. The van der Waals surface area contributed by atoms with Gasteiger partial charge in [-0.3, -0.25) is 18.7 Å². The molecule has 20 heteroatoms. The summed E-state index contributed by atoms with van der Waals surface area (Å²) in [5, 5.41) is 45.7. The van der Waals surface area contributed by atoms with E-state index in [-0.39, 0.29) is 46.6 Å². The highest BCUT2D eigenvalue weighted by Crippen LogP contribution is 2.33. The van der Waals surface area contributed by atoms with Crippen molar-refractivity contribution in [3.05, 3.63) is 217 Å². The zero-order valence-electron chi connectivity index (χ0n) is 39.5. The van der Waals surface area contributed by atoms with Crippen LogP contribution in [0.15, 0.2) is 184 Å². The third-order valence-corrected chi connectivity index (χ3v) is 12.8. The van der Waals surface area contributed by atoms with E-state index < -0.39 is 7.12 Å². The minimum absolute atomic E-state index is 0.115. The Morgan fingerprint density at radius 3 is 1.49 bits per heavy atom. The Labute approximate surface area is 442 Å². The van der Waals surface area contributed by atoms with E-state index in [0.29, 0.717) is 48.0 Å². The fraction of sp³-hybridized carbons (Fsp3) is 0.0741. The number of nitrogens with two attached hydrogens (primary N) is 2. The molecule has 0 fully saturated rings. The minimum Gasteiger partial charge on any atom is -0.508 e. The van der Waals surface area contributed by atoms with Gasteiger partial charge in [-0.2, -0.15) is 9.97 Å². The van der Waals surface area contributed by atoms with E-state index in [0.717, 1.165) is 39.1 Å².